The van der Waals surface area contributed by atoms with E-state index in [-0.39, 0.29) is 6.04 Å². The number of benzene rings is 2. The van der Waals surface area contributed by atoms with Crippen LogP contribution in [-0.2, 0) is 0 Å². The molecule has 0 aliphatic carbocycles. The van der Waals surface area contributed by atoms with Crippen LogP contribution in [0, 0.1) is 0 Å². The largest absolute Gasteiger partial charge is 0.282 e. The third-order valence-corrected chi connectivity index (χ3v) is 3.91. The van der Waals surface area contributed by atoms with Gasteiger partial charge in [-0.2, -0.15) is 0 Å². The Kier molecular flexibility index (Phi) is 5.56. The molecule has 0 aliphatic heterocycles. The average Bonchev–Trinajstić information content (AvgIpc) is 2.36. The van der Waals surface area contributed by atoms with Gasteiger partial charge in [0.2, 0.25) is 0 Å². The van der Waals surface area contributed by atoms with Crippen LogP contribution in [0.3, 0.4) is 0 Å². The molecule has 2 aromatic rings. The van der Waals surface area contributed by atoms with Gasteiger partial charge in [-0.15, -0.1) is 0 Å². The molecule has 5 heteroatoms. The monoisotopic (exact) mass is 359 g/mol. The molecule has 0 amide bonds. The van der Waals surface area contributed by atoms with Gasteiger partial charge in [0.1, 0.15) is 0 Å². The Morgan fingerprint density at radius 3 is 1.71 bits per heavy atom. The van der Waals surface area contributed by atoms with E-state index in [1.54, 1.807) is 12.1 Å². The SMILES string of the molecule is CC(=NC(C)c1cc(Cl)cc(Cl)c1)c1cc(Cl)cc(Cl)c1. The number of nitrogens with zero attached hydrogens (tertiary/aromatic N) is 1. The molecule has 2 aromatic carbocycles. The maximum absolute atomic E-state index is 6.02. The van der Waals surface area contributed by atoms with Crippen LogP contribution in [-0.4, -0.2) is 5.71 Å². The van der Waals surface area contributed by atoms with E-state index in [1.807, 2.05) is 38.1 Å². The predicted molar refractivity (Wildman–Crippen MR) is 93.6 cm³/mol. The molecular formula is C16H13Cl4N. The van der Waals surface area contributed by atoms with Gasteiger partial charge in [-0.3, -0.25) is 4.99 Å². The molecule has 0 saturated heterocycles. The van der Waals surface area contributed by atoms with Gasteiger partial charge < -0.3 is 0 Å². The van der Waals surface area contributed by atoms with Gasteiger partial charge >= 0.3 is 0 Å². The Labute approximate surface area is 144 Å². The summed E-state index contributed by atoms with van der Waals surface area (Å²) in [6.07, 6.45) is 0. The molecule has 1 atom stereocenters. The van der Waals surface area contributed by atoms with Crippen LogP contribution in [0.15, 0.2) is 41.4 Å². The molecule has 0 heterocycles. The van der Waals surface area contributed by atoms with E-state index in [2.05, 4.69) is 4.99 Å². The highest BCUT2D eigenvalue weighted by Gasteiger charge is 2.08. The van der Waals surface area contributed by atoms with Crippen molar-refractivity contribution >= 4 is 52.1 Å². The third-order valence-electron chi connectivity index (χ3n) is 3.03. The topological polar surface area (TPSA) is 12.4 Å². The molecule has 0 bridgehead atoms. The predicted octanol–water partition coefficient (Wildman–Crippen LogP) is 6.87. The van der Waals surface area contributed by atoms with Gasteiger partial charge in [-0.05, 0) is 61.4 Å². The van der Waals surface area contributed by atoms with Crippen LogP contribution in [0.5, 0.6) is 0 Å². The lowest BCUT2D eigenvalue weighted by Crippen LogP contribution is -1.99. The van der Waals surface area contributed by atoms with Crippen LogP contribution in [0.2, 0.25) is 20.1 Å². The first-order chi connectivity index (χ1) is 9.85. The molecule has 1 unspecified atom stereocenters. The molecule has 0 N–H and O–H groups in total. The molecule has 0 radical (unpaired) electrons. The first-order valence-electron chi connectivity index (χ1n) is 6.32. The van der Waals surface area contributed by atoms with E-state index in [4.69, 9.17) is 46.4 Å². The zero-order valence-electron chi connectivity index (χ0n) is 11.5. The number of halogens is 4. The Morgan fingerprint density at radius 1 is 0.810 bits per heavy atom. The molecular weight excluding hydrogens is 348 g/mol. The Bertz CT molecular complexity index is 654. The zero-order valence-corrected chi connectivity index (χ0v) is 14.5. The summed E-state index contributed by atoms with van der Waals surface area (Å²) < 4.78 is 0. The fraction of sp³-hybridized carbons (Fsp3) is 0.188. The number of hydrogen-bond acceptors (Lipinski definition) is 1. The lowest BCUT2D eigenvalue weighted by atomic mass is 10.1. The first kappa shape index (κ1) is 16.6. The van der Waals surface area contributed by atoms with Crippen molar-refractivity contribution in [3.63, 3.8) is 0 Å². The van der Waals surface area contributed by atoms with E-state index < -0.39 is 0 Å². The molecule has 0 saturated carbocycles. The van der Waals surface area contributed by atoms with Crippen molar-refractivity contribution < 1.29 is 0 Å². The second-order valence-electron chi connectivity index (χ2n) is 4.75. The molecule has 0 aliphatic rings. The van der Waals surface area contributed by atoms with Gasteiger partial charge in [0.25, 0.3) is 0 Å². The van der Waals surface area contributed by atoms with Crippen molar-refractivity contribution in [1.29, 1.82) is 0 Å². The standard InChI is InChI=1S/C16H13Cl4N/c1-9(11-3-13(17)7-14(18)4-11)21-10(2)12-5-15(19)8-16(20)6-12/h3-9H,1-2H3. The van der Waals surface area contributed by atoms with E-state index in [1.165, 1.54) is 0 Å². The van der Waals surface area contributed by atoms with Crippen molar-refractivity contribution in [2.24, 2.45) is 4.99 Å². The quantitative estimate of drug-likeness (QED) is 0.529. The summed E-state index contributed by atoms with van der Waals surface area (Å²) in [7, 11) is 0. The van der Waals surface area contributed by atoms with Gasteiger partial charge in [0, 0.05) is 25.8 Å². The van der Waals surface area contributed by atoms with E-state index in [9.17, 15) is 0 Å². The summed E-state index contributed by atoms with van der Waals surface area (Å²) in [4.78, 5) is 4.66. The van der Waals surface area contributed by atoms with Gasteiger partial charge in [0.15, 0.2) is 0 Å². The summed E-state index contributed by atoms with van der Waals surface area (Å²) in [6.45, 7) is 3.91. The van der Waals surface area contributed by atoms with Crippen molar-refractivity contribution in [3.05, 3.63) is 67.6 Å². The average molecular weight is 361 g/mol. The normalized spacial score (nSPS) is 13.3. The van der Waals surface area contributed by atoms with E-state index in [0.29, 0.717) is 20.1 Å². The minimum absolute atomic E-state index is 0.0704. The molecule has 110 valence electrons. The summed E-state index contributed by atoms with van der Waals surface area (Å²) in [6, 6.07) is 10.7. The minimum Gasteiger partial charge on any atom is -0.282 e. The molecule has 21 heavy (non-hydrogen) atoms. The summed E-state index contributed by atoms with van der Waals surface area (Å²) in [5, 5.41) is 2.38. The second-order valence-corrected chi connectivity index (χ2v) is 6.50. The van der Waals surface area contributed by atoms with Crippen molar-refractivity contribution in [2.75, 3.05) is 0 Å². The van der Waals surface area contributed by atoms with Crippen LogP contribution in [0.1, 0.15) is 31.0 Å². The highest BCUT2D eigenvalue weighted by atomic mass is 35.5. The Balaban J connectivity index is 2.32. The van der Waals surface area contributed by atoms with Crippen LogP contribution in [0.4, 0.5) is 0 Å². The summed E-state index contributed by atoms with van der Waals surface area (Å²) in [5.74, 6) is 0. The first-order valence-corrected chi connectivity index (χ1v) is 7.83. The zero-order chi connectivity index (χ0) is 15.6. The highest BCUT2D eigenvalue weighted by Crippen LogP contribution is 2.26. The summed E-state index contributed by atoms with van der Waals surface area (Å²) in [5.41, 5.74) is 2.70. The van der Waals surface area contributed by atoms with Crippen LogP contribution < -0.4 is 0 Å². The number of aliphatic imine (C=N–C) groups is 1. The lowest BCUT2D eigenvalue weighted by molar-refractivity contribution is 0.820. The Hall–Kier alpha value is -0.730. The molecule has 0 spiro atoms. The third kappa shape index (κ3) is 4.62. The van der Waals surface area contributed by atoms with Gasteiger partial charge in [-0.1, -0.05) is 46.4 Å². The fourth-order valence-corrected chi connectivity index (χ4v) is 3.09. The van der Waals surface area contributed by atoms with Crippen molar-refractivity contribution in [2.45, 2.75) is 19.9 Å². The minimum atomic E-state index is -0.0704. The van der Waals surface area contributed by atoms with Crippen molar-refractivity contribution in [3.8, 4) is 0 Å². The molecule has 1 nitrogen and oxygen atoms in total. The van der Waals surface area contributed by atoms with E-state index in [0.717, 1.165) is 16.8 Å². The second kappa shape index (κ2) is 7.02. The molecule has 0 fully saturated rings. The molecule has 2 rings (SSSR count). The number of rotatable bonds is 3. The number of hydrogen-bond donors (Lipinski definition) is 0. The van der Waals surface area contributed by atoms with Gasteiger partial charge in [-0.25, -0.2) is 0 Å². The van der Waals surface area contributed by atoms with Crippen LogP contribution in [0.25, 0.3) is 0 Å². The van der Waals surface area contributed by atoms with Gasteiger partial charge in [0.05, 0.1) is 6.04 Å². The van der Waals surface area contributed by atoms with E-state index >= 15 is 0 Å². The van der Waals surface area contributed by atoms with Crippen molar-refractivity contribution in [1.82, 2.24) is 0 Å². The Morgan fingerprint density at radius 2 is 1.24 bits per heavy atom. The lowest BCUT2D eigenvalue weighted by Gasteiger charge is -2.11. The maximum atomic E-state index is 6.02. The maximum Gasteiger partial charge on any atom is 0.0725 e. The summed E-state index contributed by atoms with van der Waals surface area (Å²) >= 11 is 24.1. The fourth-order valence-electron chi connectivity index (χ4n) is 2.02. The van der Waals surface area contributed by atoms with Crippen LogP contribution >= 0.6 is 46.4 Å². The smallest absolute Gasteiger partial charge is 0.0725 e. The molecule has 0 aromatic heterocycles. The highest BCUT2D eigenvalue weighted by molar-refractivity contribution is 6.35.